The van der Waals surface area contributed by atoms with Crippen LogP contribution in [-0.2, 0) is 6.54 Å². The number of carbonyl (C=O) groups is 1. The van der Waals surface area contributed by atoms with E-state index in [0.717, 1.165) is 23.9 Å². The van der Waals surface area contributed by atoms with E-state index < -0.39 is 0 Å². The van der Waals surface area contributed by atoms with Gasteiger partial charge in [-0.15, -0.1) is 0 Å². The van der Waals surface area contributed by atoms with Crippen LogP contribution in [0.15, 0.2) is 65.7 Å². The number of hydrogen-bond acceptors (Lipinski definition) is 3. The first-order chi connectivity index (χ1) is 13.2. The Kier molecular flexibility index (Phi) is 3.57. The van der Waals surface area contributed by atoms with Gasteiger partial charge in [0.2, 0.25) is 0 Å². The van der Waals surface area contributed by atoms with Gasteiger partial charge in [-0.2, -0.15) is 0 Å². The molecule has 0 bridgehead atoms. The van der Waals surface area contributed by atoms with E-state index in [2.05, 4.69) is 10.3 Å². The van der Waals surface area contributed by atoms with Crippen molar-refractivity contribution in [2.75, 3.05) is 0 Å². The van der Waals surface area contributed by atoms with Gasteiger partial charge in [-0.3, -0.25) is 14.2 Å². The standard InChI is InChI=1S/C21H18N4O2/c26-20(23-16-8-9-16)15-5-1-4-14(12-15)13-25-19-17(6-2-10-22-19)24-11-3-7-18(24)21(25)27/h1-7,10-12,16H,8-9,13H2,(H,23,26). The fourth-order valence-electron chi connectivity index (χ4n) is 3.42. The van der Waals surface area contributed by atoms with Crippen molar-refractivity contribution in [2.24, 2.45) is 0 Å². The summed E-state index contributed by atoms with van der Waals surface area (Å²) < 4.78 is 3.53. The Hall–Kier alpha value is -3.41. The van der Waals surface area contributed by atoms with Gasteiger partial charge in [0.1, 0.15) is 5.52 Å². The van der Waals surface area contributed by atoms with Crippen molar-refractivity contribution in [1.29, 1.82) is 0 Å². The van der Waals surface area contributed by atoms with Crippen molar-refractivity contribution in [3.05, 3.63) is 82.4 Å². The number of pyridine rings is 1. The van der Waals surface area contributed by atoms with Crippen molar-refractivity contribution in [2.45, 2.75) is 25.4 Å². The van der Waals surface area contributed by atoms with Gasteiger partial charge in [-0.05, 0) is 54.8 Å². The molecule has 1 amide bonds. The van der Waals surface area contributed by atoms with Gasteiger partial charge in [0.05, 0.1) is 12.1 Å². The molecule has 4 aromatic rings. The third kappa shape index (κ3) is 2.79. The summed E-state index contributed by atoms with van der Waals surface area (Å²) in [5.41, 5.74) is 3.52. The molecule has 134 valence electrons. The number of amides is 1. The number of aromatic nitrogens is 3. The van der Waals surface area contributed by atoms with Gasteiger partial charge >= 0.3 is 0 Å². The Morgan fingerprint density at radius 3 is 2.81 bits per heavy atom. The normalized spacial score (nSPS) is 13.9. The second kappa shape index (κ2) is 6.09. The van der Waals surface area contributed by atoms with E-state index in [9.17, 15) is 9.59 Å². The molecule has 1 fully saturated rings. The first-order valence-corrected chi connectivity index (χ1v) is 9.05. The number of rotatable bonds is 4. The molecule has 6 heteroatoms. The quantitative estimate of drug-likeness (QED) is 0.610. The second-order valence-electron chi connectivity index (χ2n) is 6.95. The van der Waals surface area contributed by atoms with Crippen molar-refractivity contribution in [3.63, 3.8) is 0 Å². The lowest BCUT2D eigenvalue weighted by atomic mass is 10.1. The Morgan fingerprint density at radius 2 is 1.96 bits per heavy atom. The minimum Gasteiger partial charge on any atom is -0.349 e. The highest BCUT2D eigenvalue weighted by Crippen LogP contribution is 2.20. The second-order valence-corrected chi connectivity index (χ2v) is 6.95. The molecular weight excluding hydrogens is 340 g/mol. The van der Waals surface area contributed by atoms with E-state index in [1.54, 1.807) is 16.8 Å². The smallest absolute Gasteiger partial charge is 0.276 e. The van der Waals surface area contributed by atoms with Gasteiger partial charge in [0.25, 0.3) is 11.5 Å². The van der Waals surface area contributed by atoms with E-state index >= 15 is 0 Å². The van der Waals surface area contributed by atoms with Crippen LogP contribution in [0, 0.1) is 0 Å². The Morgan fingerprint density at radius 1 is 1.11 bits per heavy atom. The molecular formula is C21H18N4O2. The Labute approximate surface area is 155 Å². The van der Waals surface area contributed by atoms with E-state index in [1.165, 1.54) is 0 Å². The van der Waals surface area contributed by atoms with Crippen LogP contribution in [0.2, 0.25) is 0 Å². The highest BCUT2D eigenvalue weighted by Gasteiger charge is 2.23. The molecule has 0 atom stereocenters. The molecule has 3 heterocycles. The molecule has 0 aliphatic heterocycles. The molecule has 6 nitrogen and oxygen atoms in total. The molecule has 1 aliphatic carbocycles. The zero-order chi connectivity index (χ0) is 18.4. The van der Waals surface area contributed by atoms with Crippen LogP contribution in [0.4, 0.5) is 0 Å². The van der Waals surface area contributed by atoms with Crippen LogP contribution in [0.1, 0.15) is 28.8 Å². The molecule has 1 aliphatic rings. The van der Waals surface area contributed by atoms with Crippen LogP contribution in [-0.4, -0.2) is 25.9 Å². The van der Waals surface area contributed by atoms with E-state index in [-0.39, 0.29) is 11.5 Å². The summed E-state index contributed by atoms with van der Waals surface area (Å²) in [4.78, 5) is 29.8. The molecule has 1 N–H and O–H groups in total. The minimum atomic E-state index is -0.0981. The summed E-state index contributed by atoms with van der Waals surface area (Å²) in [6.07, 6.45) is 5.66. The maximum Gasteiger partial charge on any atom is 0.276 e. The first kappa shape index (κ1) is 15.8. The van der Waals surface area contributed by atoms with E-state index in [0.29, 0.717) is 29.3 Å². The minimum absolute atomic E-state index is 0.0586. The summed E-state index contributed by atoms with van der Waals surface area (Å²) in [6, 6.07) is 15.2. The highest BCUT2D eigenvalue weighted by molar-refractivity contribution is 5.94. The largest absolute Gasteiger partial charge is 0.349 e. The van der Waals surface area contributed by atoms with Crippen LogP contribution in [0.3, 0.4) is 0 Å². The third-order valence-electron chi connectivity index (χ3n) is 4.94. The Balaban J connectivity index is 1.59. The molecule has 0 spiro atoms. The number of hydrogen-bond donors (Lipinski definition) is 1. The summed E-state index contributed by atoms with van der Waals surface area (Å²) in [7, 11) is 0. The van der Waals surface area contributed by atoms with Gasteiger partial charge in [-0.25, -0.2) is 4.98 Å². The molecule has 5 rings (SSSR count). The summed E-state index contributed by atoms with van der Waals surface area (Å²) >= 11 is 0. The topological polar surface area (TPSA) is 68.4 Å². The zero-order valence-electron chi connectivity index (χ0n) is 14.6. The molecule has 1 saturated carbocycles. The van der Waals surface area contributed by atoms with Crippen LogP contribution in [0.25, 0.3) is 16.7 Å². The monoisotopic (exact) mass is 358 g/mol. The maximum atomic E-state index is 13.0. The van der Waals surface area contributed by atoms with Gasteiger partial charge < -0.3 is 9.72 Å². The zero-order valence-corrected chi connectivity index (χ0v) is 14.6. The summed E-state index contributed by atoms with van der Waals surface area (Å²) in [5, 5.41) is 3.00. The van der Waals surface area contributed by atoms with Crippen molar-refractivity contribution >= 4 is 22.6 Å². The molecule has 0 radical (unpaired) electrons. The fourth-order valence-corrected chi connectivity index (χ4v) is 3.42. The number of benzene rings is 1. The van der Waals surface area contributed by atoms with Gasteiger partial charge in [0, 0.05) is 24.0 Å². The van der Waals surface area contributed by atoms with Crippen LogP contribution >= 0.6 is 0 Å². The predicted octanol–water partition coefficient (Wildman–Crippen LogP) is 2.59. The molecule has 1 aromatic carbocycles. The predicted molar refractivity (Wildman–Crippen MR) is 103 cm³/mol. The number of carbonyl (C=O) groups excluding carboxylic acids is 1. The first-order valence-electron chi connectivity index (χ1n) is 9.05. The molecule has 0 unspecified atom stereocenters. The van der Waals surface area contributed by atoms with Crippen LogP contribution < -0.4 is 10.9 Å². The van der Waals surface area contributed by atoms with Gasteiger partial charge in [0.15, 0.2) is 5.65 Å². The van der Waals surface area contributed by atoms with Gasteiger partial charge in [-0.1, -0.05) is 12.1 Å². The lowest BCUT2D eigenvalue weighted by molar-refractivity contribution is 0.0951. The molecule has 3 aromatic heterocycles. The number of nitrogens with zero attached hydrogens (tertiary/aromatic N) is 3. The fraction of sp³-hybridized carbons (Fsp3) is 0.190. The summed E-state index contributed by atoms with van der Waals surface area (Å²) in [5.74, 6) is -0.0586. The number of fused-ring (bicyclic) bond motifs is 3. The third-order valence-corrected chi connectivity index (χ3v) is 4.94. The van der Waals surface area contributed by atoms with E-state index in [4.69, 9.17) is 0 Å². The number of nitrogens with one attached hydrogen (secondary N) is 1. The van der Waals surface area contributed by atoms with Crippen molar-refractivity contribution < 1.29 is 4.79 Å². The van der Waals surface area contributed by atoms with Crippen molar-refractivity contribution in [1.82, 2.24) is 19.3 Å². The summed E-state index contributed by atoms with van der Waals surface area (Å²) in [6.45, 7) is 0.360. The van der Waals surface area contributed by atoms with Crippen LogP contribution in [0.5, 0.6) is 0 Å². The van der Waals surface area contributed by atoms with E-state index in [1.807, 2.05) is 53.1 Å². The lowest BCUT2D eigenvalue weighted by Crippen LogP contribution is -2.26. The maximum absolute atomic E-state index is 13.0. The average Bonchev–Trinajstić information content (AvgIpc) is 3.36. The molecule has 0 saturated heterocycles. The van der Waals surface area contributed by atoms with Crippen molar-refractivity contribution in [3.8, 4) is 0 Å². The lowest BCUT2D eigenvalue weighted by Gasteiger charge is -2.12. The average molecular weight is 358 g/mol. The molecule has 27 heavy (non-hydrogen) atoms. The Bertz CT molecular complexity index is 1230. The SMILES string of the molecule is O=C(NC1CC1)c1cccc(Cn2c(=O)c3cccn3c3cccnc32)c1. The highest BCUT2D eigenvalue weighted by atomic mass is 16.1.